The highest BCUT2D eigenvalue weighted by Crippen LogP contribution is 2.37. The molecule has 2 aromatic rings. The van der Waals surface area contributed by atoms with Crippen LogP contribution in [-0.2, 0) is 12.7 Å². The molecule has 0 spiro atoms. The van der Waals surface area contributed by atoms with Crippen molar-refractivity contribution in [2.45, 2.75) is 51.4 Å². The number of alkyl halides is 3. The average molecular weight is 372 g/mol. The van der Waals surface area contributed by atoms with Crippen LogP contribution in [-0.4, -0.2) is 15.8 Å². The Morgan fingerprint density at radius 3 is 2.56 bits per heavy atom. The summed E-state index contributed by atoms with van der Waals surface area (Å²) < 4.78 is 41.2. The number of rotatable bonds is 3. The van der Waals surface area contributed by atoms with Gasteiger partial charge in [0, 0.05) is 34.4 Å². The van der Waals surface area contributed by atoms with Crippen LogP contribution in [0.25, 0.3) is 11.3 Å². The second-order valence-corrected chi connectivity index (χ2v) is 7.18. The Morgan fingerprint density at radius 2 is 1.88 bits per heavy atom. The molecular formula is C19H21ClF3NO. The van der Waals surface area contributed by atoms with E-state index in [1.165, 1.54) is 6.07 Å². The van der Waals surface area contributed by atoms with Gasteiger partial charge in [0.15, 0.2) is 0 Å². The summed E-state index contributed by atoms with van der Waals surface area (Å²) in [6.45, 7) is 2.50. The van der Waals surface area contributed by atoms with Gasteiger partial charge in [0.25, 0.3) is 0 Å². The highest BCUT2D eigenvalue weighted by molar-refractivity contribution is 6.33. The van der Waals surface area contributed by atoms with Gasteiger partial charge >= 0.3 is 6.18 Å². The van der Waals surface area contributed by atoms with Crippen molar-refractivity contribution in [2.75, 3.05) is 0 Å². The molecule has 0 radical (unpaired) electrons. The second-order valence-electron chi connectivity index (χ2n) is 6.77. The normalized spacial score (nSPS) is 21.5. The smallest absolute Gasteiger partial charge is 0.393 e. The minimum atomic E-state index is -4.41. The Bertz CT molecular complexity index is 754. The monoisotopic (exact) mass is 371 g/mol. The summed E-state index contributed by atoms with van der Waals surface area (Å²) in [6, 6.07) is 7.07. The van der Waals surface area contributed by atoms with Gasteiger partial charge in [-0.05, 0) is 50.1 Å². The van der Waals surface area contributed by atoms with E-state index in [0.717, 1.165) is 43.5 Å². The Labute approximate surface area is 150 Å². The first-order chi connectivity index (χ1) is 11.8. The van der Waals surface area contributed by atoms with Crippen molar-refractivity contribution in [1.82, 2.24) is 4.57 Å². The van der Waals surface area contributed by atoms with Gasteiger partial charge in [0.2, 0.25) is 0 Å². The lowest BCUT2D eigenvalue weighted by atomic mass is 9.86. The van der Waals surface area contributed by atoms with E-state index in [2.05, 4.69) is 0 Å². The lowest BCUT2D eigenvalue weighted by Gasteiger charge is -2.29. The molecule has 1 fully saturated rings. The first-order valence-electron chi connectivity index (χ1n) is 8.48. The molecule has 1 heterocycles. The van der Waals surface area contributed by atoms with Gasteiger partial charge in [-0.25, -0.2) is 0 Å². The lowest BCUT2D eigenvalue weighted by molar-refractivity contribution is -0.137. The maximum Gasteiger partial charge on any atom is 0.416 e. The molecule has 2 atom stereocenters. The minimum absolute atomic E-state index is 0.114. The number of nitrogens with zero attached hydrogens (tertiary/aromatic N) is 1. The second kappa shape index (κ2) is 7.04. The predicted molar refractivity (Wildman–Crippen MR) is 92.6 cm³/mol. The molecule has 1 aliphatic rings. The first kappa shape index (κ1) is 18.3. The molecular weight excluding hydrogens is 351 g/mol. The summed E-state index contributed by atoms with van der Waals surface area (Å²) >= 11 is 6.20. The molecule has 3 rings (SSSR count). The van der Waals surface area contributed by atoms with Gasteiger partial charge in [0.05, 0.1) is 11.7 Å². The van der Waals surface area contributed by atoms with Crippen LogP contribution in [0.2, 0.25) is 5.02 Å². The maximum absolute atomic E-state index is 13.1. The van der Waals surface area contributed by atoms with Crippen molar-refractivity contribution >= 4 is 11.6 Å². The lowest BCUT2D eigenvalue weighted by Crippen LogP contribution is -2.28. The summed E-state index contributed by atoms with van der Waals surface area (Å²) in [5.74, 6) is 0.114. The van der Waals surface area contributed by atoms with Crippen LogP contribution in [0.4, 0.5) is 13.2 Å². The molecule has 2 nitrogen and oxygen atoms in total. The van der Waals surface area contributed by atoms with Crippen LogP contribution in [0.15, 0.2) is 30.3 Å². The van der Waals surface area contributed by atoms with Crippen molar-refractivity contribution < 1.29 is 18.3 Å². The zero-order valence-electron chi connectivity index (χ0n) is 14.0. The largest absolute Gasteiger partial charge is 0.416 e. The van der Waals surface area contributed by atoms with Crippen molar-refractivity contribution in [3.63, 3.8) is 0 Å². The number of hydrogen-bond donors (Lipinski definition) is 1. The third-order valence-electron chi connectivity index (χ3n) is 5.05. The molecule has 1 saturated carbocycles. The Kier molecular flexibility index (Phi) is 5.16. The standard InChI is InChI=1S/C19H21ClF3NO/c1-12-6-9-17(24(12)11-13-4-2-3-5-18(13)25)15-10-14(19(21,22)23)7-8-16(15)20/h6-10,13,18,25H,2-5,11H2,1H3/t13-,18-/m1/s1. The summed E-state index contributed by atoms with van der Waals surface area (Å²) in [5.41, 5.74) is 1.26. The minimum Gasteiger partial charge on any atom is -0.393 e. The third kappa shape index (κ3) is 3.87. The number of aliphatic hydroxyl groups excluding tert-OH is 1. The van der Waals surface area contributed by atoms with E-state index >= 15 is 0 Å². The van der Waals surface area contributed by atoms with E-state index in [1.54, 1.807) is 6.07 Å². The van der Waals surface area contributed by atoms with E-state index in [1.807, 2.05) is 17.6 Å². The fraction of sp³-hybridized carbons (Fsp3) is 0.474. The number of aromatic nitrogens is 1. The van der Waals surface area contributed by atoms with Crippen LogP contribution >= 0.6 is 11.6 Å². The third-order valence-corrected chi connectivity index (χ3v) is 5.38. The average Bonchev–Trinajstić information content (AvgIpc) is 2.90. The fourth-order valence-corrected chi connectivity index (χ4v) is 3.79. The zero-order chi connectivity index (χ0) is 18.2. The molecule has 136 valence electrons. The molecule has 0 unspecified atom stereocenters. The van der Waals surface area contributed by atoms with Crippen molar-refractivity contribution in [1.29, 1.82) is 0 Å². The molecule has 1 aromatic carbocycles. The Morgan fingerprint density at radius 1 is 1.16 bits per heavy atom. The number of aryl methyl sites for hydroxylation is 1. The van der Waals surface area contributed by atoms with Crippen molar-refractivity contribution in [3.8, 4) is 11.3 Å². The van der Waals surface area contributed by atoms with Crippen LogP contribution in [0.3, 0.4) is 0 Å². The highest BCUT2D eigenvalue weighted by atomic mass is 35.5. The van der Waals surface area contributed by atoms with Gasteiger partial charge in [-0.15, -0.1) is 0 Å². The van der Waals surface area contributed by atoms with Crippen LogP contribution in [0, 0.1) is 12.8 Å². The number of halogens is 4. The molecule has 0 aliphatic heterocycles. The van der Waals surface area contributed by atoms with E-state index in [4.69, 9.17) is 11.6 Å². The summed E-state index contributed by atoms with van der Waals surface area (Å²) in [6.07, 6.45) is -0.971. The summed E-state index contributed by atoms with van der Waals surface area (Å²) in [5, 5.41) is 10.5. The quantitative estimate of drug-likeness (QED) is 0.737. The van der Waals surface area contributed by atoms with Crippen LogP contribution in [0.5, 0.6) is 0 Å². The molecule has 25 heavy (non-hydrogen) atoms. The predicted octanol–water partition coefficient (Wildman–Crippen LogP) is 5.69. The first-order valence-corrected chi connectivity index (χ1v) is 8.86. The number of hydrogen-bond acceptors (Lipinski definition) is 1. The van der Waals surface area contributed by atoms with Crippen LogP contribution < -0.4 is 0 Å². The Hall–Kier alpha value is -1.46. The fourth-order valence-electron chi connectivity index (χ4n) is 3.58. The SMILES string of the molecule is Cc1ccc(-c2cc(C(F)(F)F)ccc2Cl)n1C[C@H]1CCCC[C@H]1O. The van der Waals surface area contributed by atoms with Gasteiger partial charge in [-0.1, -0.05) is 24.4 Å². The van der Waals surface area contributed by atoms with Gasteiger partial charge < -0.3 is 9.67 Å². The van der Waals surface area contributed by atoms with E-state index in [9.17, 15) is 18.3 Å². The highest BCUT2D eigenvalue weighted by Gasteiger charge is 2.31. The Balaban J connectivity index is 1.99. The van der Waals surface area contributed by atoms with E-state index < -0.39 is 11.7 Å². The van der Waals surface area contributed by atoms with Gasteiger partial charge in [0.1, 0.15) is 0 Å². The zero-order valence-corrected chi connectivity index (χ0v) is 14.7. The molecule has 0 saturated heterocycles. The van der Waals surface area contributed by atoms with Crippen LogP contribution in [0.1, 0.15) is 36.9 Å². The van der Waals surface area contributed by atoms with Crippen molar-refractivity contribution in [2.24, 2.45) is 5.92 Å². The van der Waals surface area contributed by atoms with E-state index in [0.29, 0.717) is 17.8 Å². The molecule has 0 bridgehead atoms. The van der Waals surface area contributed by atoms with Crippen molar-refractivity contribution in [3.05, 3.63) is 46.6 Å². The number of aliphatic hydroxyl groups is 1. The molecule has 0 amide bonds. The molecule has 6 heteroatoms. The summed E-state index contributed by atoms with van der Waals surface area (Å²) in [7, 11) is 0. The molecule has 1 aliphatic carbocycles. The molecule has 1 N–H and O–H groups in total. The summed E-state index contributed by atoms with van der Waals surface area (Å²) in [4.78, 5) is 0. The number of benzene rings is 1. The van der Waals surface area contributed by atoms with E-state index in [-0.39, 0.29) is 17.0 Å². The topological polar surface area (TPSA) is 25.2 Å². The van der Waals surface area contributed by atoms with Gasteiger partial charge in [-0.2, -0.15) is 13.2 Å². The van der Waals surface area contributed by atoms with Gasteiger partial charge in [-0.3, -0.25) is 0 Å². The maximum atomic E-state index is 13.1. The molecule has 1 aromatic heterocycles.